The second-order valence-electron chi connectivity index (χ2n) is 5.38. The minimum atomic E-state index is -0.966. The summed E-state index contributed by atoms with van der Waals surface area (Å²) in [6.45, 7) is 2.63. The Labute approximate surface area is 159 Å². The van der Waals surface area contributed by atoms with Crippen LogP contribution in [-0.4, -0.2) is 30.4 Å². The Morgan fingerprint density at radius 3 is 2.62 bits per heavy atom. The van der Waals surface area contributed by atoms with E-state index in [1.807, 2.05) is 0 Å². The summed E-state index contributed by atoms with van der Waals surface area (Å²) in [4.78, 5) is 35.6. The van der Waals surface area contributed by atoms with Crippen LogP contribution in [0.2, 0.25) is 10.0 Å². The number of rotatable bonds is 6. The minimum absolute atomic E-state index is 0.0612. The van der Waals surface area contributed by atoms with Crippen LogP contribution in [0.1, 0.15) is 23.0 Å². The topological polar surface area (TPSA) is 97.6 Å². The standard InChI is InChI=1S/C17H16Cl2N2O5/c1-9-5-6-11(18)15(14(9)19)21-13(22)8-26-17(24)10(2)20-16(23)12-4-3-7-25-12/h3-7,10H,8H2,1-2H3,(H,20,23)(H,21,22)/t10-/m0/s1. The summed E-state index contributed by atoms with van der Waals surface area (Å²) in [5.74, 6) is -1.90. The highest BCUT2D eigenvalue weighted by Gasteiger charge is 2.20. The fraction of sp³-hybridized carbons (Fsp3) is 0.235. The van der Waals surface area contributed by atoms with Crippen molar-refractivity contribution in [2.24, 2.45) is 0 Å². The molecule has 2 rings (SSSR count). The summed E-state index contributed by atoms with van der Waals surface area (Å²) >= 11 is 12.1. The maximum Gasteiger partial charge on any atom is 0.328 e. The van der Waals surface area contributed by atoms with E-state index in [9.17, 15) is 14.4 Å². The molecule has 0 radical (unpaired) electrons. The van der Waals surface area contributed by atoms with Gasteiger partial charge < -0.3 is 19.8 Å². The lowest BCUT2D eigenvalue weighted by Gasteiger charge is -2.14. The molecule has 1 heterocycles. The number of halogens is 2. The second-order valence-corrected chi connectivity index (χ2v) is 6.17. The zero-order chi connectivity index (χ0) is 19.3. The molecule has 2 N–H and O–H groups in total. The van der Waals surface area contributed by atoms with E-state index in [-0.39, 0.29) is 16.5 Å². The second kappa shape index (κ2) is 8.73. The Kier molecular flexibility index (Phi) is 6.65. The predicted octanol–water partition coefficient (Wildman–Crippen LogP) is 3.20. The number of carbonyl (C=O) groups excluding carboxylic acids is 3. The molecule has 0 fully saturated rings. The molecular weight excluding hydrogens is 383 g/mol. The van der Waals surface area contributed by atoms with Gasteiger partial charge in [-0.05, 0) is 37.6 Å². The average molecular weight is 399 g/mol. The van der Waals surface area contributed by atoms with E-state index in [1.54, 1.807) is 25.1 Å². The van der Waals surface area contributed by atoms with Crippen molar-refractivity contribution in [1.82, 2.24) is 5.32 Å². The van der Waals surface area contributed by atoms with Gasteiger partial charge in [-0.2, -0.15) is 0 Å². The zero-order valence-corrected chi connectivity index (χ0v) is 15.5. The first kappa shape index (κ1) is 19.8. The molecule has 0 spiro atoms. The van der Waals surface area contributed by atoms with Crippen LogP contribution in [0.15, 0.2) is 34.9 Å². The number of hydrogen-bond donors (Lipinski definition) is 2. The zero-order valence-electron chi connectivity index (χ0n) is 14.0. The molecule has 0 saturated carbocycles. The summed E-state index contributed by atoms with van der Waals surface area (Å²) in [6.07, 6.45) is 1.34. The van der Waals surface area contributed by atoms with Crippen LogP contribution in [0.3, 0.4) is 0 Å². The molecule has 7 nitrogen and oxygen atoms in total. The van der Waals surface area contributed by atoms with Crippen molar-refractivity contribution in [3.63, 3.8) is 0 Å². The molecule has 0 aliphatic heterocycles. The molecule has 1 aromatic carbocycles. The molecule has 1 aromatic heterocycles. The number of ether oxygens (including phenoxy) is 1. The monoisotopic (exact) mass is 398 g/mol. The van der Waals surface area contributed by atoms with Crippen LogP contribution in [0.5, 0.6) is 0 Å². The van der Waals surface area contributed by atoms with Gasteiger partial charge in [0.1, 0.15) is 6.04 Å². The van der Waals surface area contributed by atoms with Gasteiger partial charge in [-0.25, -0.2) is 4.79 Å². The lowest BCUT2D eigenvalue weighted by Crippen LogP contribution is -2.40. The van der Waals surface area contributed by atoms with Crippen LogP contribution in [-0.2, 0) is 14.3 Å². The van der Waals surface area contributed by atoms with Crippen LogP contribution >= 0.6 is 23.2 Å². The predicted molar refractivity (Wildman–Crippen MR) is 96.4 cm³/mol. The number of nitrogens with one attached hydrogen (secondary N) is 2. The molecule has 138 valence electrons. The van der Waals surface area contributed by atoms with Crippen molar-refractivity contribution in [3.05, 3.63) is 51.9 Å². The van der Waals surface area contributed by atoms with E-state index >= 15 is 0 Å². The van der Waals surface area contributed by atoms with Crippen LogP contribution in [0.4, 0.5) is 5.69 Å². The molecule has 1 atom stereocenters. The SMILES string of the molecule is Cc1ccc(Cl)c(NC(=O)COC(=O)[C@H](C)NC(=O)c2ccco2)c1Cl. The molecule has 0 unspecified atom stereocenters. The number of esters is 1. The Bertz CT molecular complexity index is 821. The van der Waals surface area contributed by atoms with Crippen molar-refractivity contribution in [3.8, 4) is 0 Å². The number of furan rings is 1. The van der Waals surface area contributed by atoms with Crippen molar-refractivity contribution in [1.29, 1.82) is 0 Å². The van der Waals surface area contributed by atoms with Gasteiger partial charge >= 0.3 is 5.97 Å². The number of benzene rings is 1. The van der Waals surface area contributed by atoms with Gasteiger partial charge in [0.25, 0.3) is 11.8 Å². The number of anilines is 1. The third-order valence-corrected chi connectivity index (χ3v) is 4.14. The average Bonchev–Trinajstić information content (AvgIpc) is 3.14. The Morgan fingerprint density at radius 2 is 1.96 bits per heavy atom. The molecule has 9 heteroatoms. The van der Waals surface area contributed by atoms with Gasteiger partial charge in [-0.1, -0.05) is 29.3 Å². The van der Waals surface area contributed by atoms with Crippen molar-refractivity contribution < 1.29 is 23.5 Å². The summed E-state index contributed by atoms with van der Waals surface area (Å²) < 4.78 is 9.80. The van der Waals surface area contributed by atoms with Crippen LogP contribution < -0.4 is 10.6 Å². The summed E-state index contributed by atoms with van der Waals surface area (Å²) in [6, 6.07) is 5.34. The van der Waals surface area contributed by atoms with E-state index in [2.05, 4.69) is 10.6 Å². The first-order valence-electron chi connectivity index (χ1n) is 7.55. The summed E-state index contributed by atoms with van der Waals surface area (Å²) in [7, 11) is 0. The Morgan fingerprint density at radius 1 is 1.23 bits per heavy atom. The van der Waals surface area contributed by atoms with E-state index in [4.69, 9.17) is 32.4 Å². The smallest absolute Gasteiger partial charge is 0.328 e. The maximum absolute atomic E-state index is 12.0. The van der Waals surface area contributed by atoms with Crippen LogP contribution in [0.25, 0.3) is 0 Å². The molecule has 0 aliphatic rings. The molecule has 0 aliphatic carbocycles. The molecular formula is C17H16Cl2N2O5. The number of hydrogen-bond acceptors (Lipinski definition) is 5. The highest BCUT2D eigenvalue weighted by molar-refractivity contribution is 6.40. The van der Waals surface area contributed by atoms with E-state index in [0.717, 1.165) is 5.56 Å². The van der Waals surface area contributed by atoms with Crippen molar-refractivity contribution in [2.75, 3.05) is 11.9 Å². The largest absolute Gasteiger partial charge is 0.459 e. The Balaban J connectivity index is 1.86. The molecule has 26 heavy (non-hydrogen) atoms. The quantitative estimate of drug-likeness (QED) is 0.728. The first-order valence-corrected chi connectivity index (χ1v) is 8.30. The van der Waals surface area contributed by atoms with Crippen LogP contribution in [0, 0.1) is 6.92 Å². The molecule has 2 aromatic rings. The lowest BCUT2D eigenvalue weighted by atomic mass is 10.2. The minimum Gasteiger partial charge on any atom is -0.459 e. The number of amides is 2. The van der Waals surface area contributed by atoms with E-state index in [0.29, 0.717) is 5.02 Å². The molecule has 0 saturated heterocycles. The van der Waals surface area contributed by atoms with Gasteiger partial charge in [0, 0.05) is 0 Å². The van der Waals surface area contributed by atoms with E-state index in [1.165, 1.54) is 19.3 Å². The van der Waals surface area contributed by atoms with Gasteiger partial charge in [-0.15, -0.1) is 0 Å². The lowest BCUT2D eigenvalue weighted by molar-refractivity contribution is -0.148. The van der Waals surface area contributed by atoms with Gasteiger partial charge in [0.05, 0.1) is 22.0 Å². The normalized spacial score (nSPS) is 11.5. The summed E-state index contributed by atoms with van der Waals surface area (Å²) in [5, 5.41) is 5.46. The number of aryl methyl sites for hydroxylation is 1. The van der Waals surface area contributed by atoms with E-state index < -0.39 is 30.4 Å². The highest BCUT2D eigenvalue weighted by atomic mass is 35.5. The number of carbonyl (C=O) groups is 3. The molecule has 2 amide bonds. The third kappa shape index (κ3) is 5.00. The maximum atomic E-state index is 12.0. The van der Waals surface area contributed by atoms with Gasteiger partial charge in [-0.3, -0.25) is 9.59 Å². The fourth-order valence-electron chi connectivity index (χ4n) is 1.94. The Hall–Kier alpha value is -2.51. The third-order valence-electron chi connectivity index (χ3n) is 3.34. The highest BCUT2D eigenvalue weighted by Crippen LogP contribution is 2.32. The van der Waals surface area contributed by atoms with Gasteiger partial charge in [0.15, 0.2) is 12.4 Å². The fourth-order valence-corrected chi connectivity index (χ4v) is 2.41. The van der Waals surface area contributed by atoms with Crippen molar-refractivity contribution in [2.45, 2.75) is 19.9 Å². The first-order chi connectivity index (χ1) is 12.3. The van der Waals surface area contributed by atoms with Gasteiger partial charge in [0.2, 0.25) is 0 Å². The molecule has 0 bridgehead atoms. The summed E-state index contributed by atoms with van der Waals surface area (Å²) in [5.41, 5.74) is 0.978. The van der Waals surface area contributed by atoms with Crippen molar-refractivity contribution >= 4 is 46.7 Å².